The van der Waals surface area contributed by atoms with Crippen molar-refractivity contribution < 1.29 is 23.7 Å². The highest BCUT2D eigenvalue weighted by Crippen LogP contribution is 2.47. The molecule has 3 aromatic carbocycles. The standard InChI is InChI=1S/C29H30N2O5/c1-33-20-11-9-17(10-12-20)18-13-23-27(24(32)14-18)28(31-22-8-6-5-7-21(22)30-23)19-15-25(34-2)29(36-4)26(16-19)35-3/h5-12,15-16,18,28,30-31H,13-14H2,1-4H3/t18-,28+/m1/s1. The molecule has 0 saturated heterocycles. The largest absolute Gasteiger partial charge is 0.497 e. The molecule has 0 saturated carbocycles. The van der Waals surface area contributed by atoms with Crippen LogP contribution in [0.1, 0.15) is 35.9 Å². The van der Waals surface area contributed by atoms with Crippen molar-refractivity contribution >= 4 is 17.2 Å². The number of benzene rings is 3. The van der Waals surface area contributed by atoms with E-state index in [2.05, 4.69) is 10.6 Å². The summed E-state index contributed by atoms with van der Waals surface area (Å²) < 4.78 is 22.0. The fourth-order valence-electron chi connectivity index (χ4n) is 5.12. The van der Waals surface area contributed by atoms with Crippen LogP contribution in [0.2, 0.25) is 0 Å². The van der Waals surface area contributed by atoms with Gasteiger partial charge >= 0.3 is 0 Å². The first kappa shape index (κ1) is 23.6. The van der Waals surface area contributed by atoms with Crippen LogP contribution in [0.25, 0.3) is 0 Å². The molecule has 0 bridgehead atoms. The van der Waals surface area contributed by atoms with Gasteiger partial charge in [-0.15, -0.1) is 0 Å². The van der Waals surface area contributed by atoms with Crippen molar-refractivity contribution in [3.63, 3.8) is 0 Å². The van der Waals surface area contributed by atoms with Crippen molar-refractivity contribution in [2.24, 2.45) is 0 Å². The van der Waals surface area contributed by atoms with E-state index in [0.717, 1.165) is 39.5 Å². The second-order valence-electron chi connectivity index (χ2n) is 8.90. The number of fused-ring (bicyclic) bond motifs is 1. The average Bonchev–Trinajstić information content (AvgIpc) is 3.09. The molecule has 1 heterocycles. The summed E-state index contributed by atoms with van der Waals surface area (Å²) in [6.07, 6.45) is 1.14. The highest BCUT2D eigenvalue weighted by atomic mass is 16.5. The molecule has 36 heavy (non-hydrogen) atoms. The molecule has 2 aliphatic rings. The van der Waals surface area contributed by atoms with Gasteiger partial charge in [-0.1, -0.05) is 24.3 Å². The minimum Gasteiger partial charge on any atom is -0.497 e. The Labute approximate surface area is 211 Å². The van der Waals surface area contributed by atoms with Crippen LogP contribution < -0.4 is 29.6 Å². The van der Waals surface area contributed by atoms with E-state index in [-0.39, 0.29) is 11.7 Å². The number of carbonyl (C=O) groups excluding carboxylic acids is 1. The maximum atomic E-state index is 13.8. The number of anilines is 2. The Morgan fingerprint density at radius 1 is 0.750 bits per heavy atom. The van der Waals surface area contributed by atoms with Crippen LogP contribution in [-0.2, 0) is 4.79 Å². The minimum absolute atomic E-state index is 0.0699. The molecule has 1 aliphatic heterocycles. The number of Topliss-reactive ketones (excluding diaryl/α,β-unsaturated/α-hetero) is 1. The zero-order chi connectivity index (χ0) is 25.2. The Balaban J connectivity index is 1.62. The lowest BCUT2D eigenvalue weighted by molar-refractivity contribution is -0.116. The van der Waals surface area contributed by atoms with Crippen molar-refractivity contribution in [1.29, 1.82) is 0 Å². The van der Waals surface area contributed by atoms with Gasteiger partial charge in [0.15, 0.2) is 17.3 Å². The number of methoxy groups -OCH3 is 4. The minimum atomic E-state index is -0.394. The molecule has 0 aromatic heterocycles. The van der Waals surface area contributed by atoms with Crippen molar-refractivity contribution in [1.82, 2.24) is 0 Å². The van der Waals surface area contributed by atoms with Gasteiger partial charge in [0.25, 0.3) is 0 Å². The number of para-hydroxylation sites is 2. The number of hydrogen-bond donors (Lipinski definition) is 2. The molecule has 0 spiro atoms. The van der Waals surface area contributed by atoms with E-state index < -0.39 is 6.04 Å². The summed E-state index contributed by atoms with van der Waals surface area (Å²) in [5.41, 5.74) is 5.47. The van der Waals surface area contributed by atoms with E-state index in [9.17, 15) is 4.79 Å². The summed E-state index contributed by atoms with van der Waals surface area (Å²) in [6.45, 7) is 0. The monoisotopic (exact) mass is 486 g/mol. The summed E-state index contributed by atoms with van der Waals surface area (Å²) in [5, 5.41) is 7.18. The number of ether oxygens (including phenoxy) is 4. The first-order chi connectivity index (χ1) is 17.6. The van der Waals surface area contributed by atoms with E-state index in [0.29, 0.717) is 30.1 Å². The molecule has 0 fully saturated rings. The van der Waals surface area contributed by atoms with Crippen molar-refractivity contribution in [3.05, 3.63) is 83.1 Å². The number of rotatable bonds is 6. The Morgan fingerprint density at radius 3 is 2.03 bits per heavy atom. The Bertz CT molecular complexity index is 1290. The lowest BCUT2D eigenvalue weighted by Gasteiger charge is -2.30. The summed E-state index contributed by atoms with van der Waals surface area (Å²) in [4.78, 5) is 13.8. The van der Waals surface area contributed by atoms with Gasteiger partial charge in [-0.25, -0.2) is 0 Å². The Morgan fingerprint density at radius 2 is 1.42 bits per heavy atom. The predicted octanol–water partition coefficient (Wildman–Crippen LogP) is 5.70. The maximum absolute atomic E-state index is 13.8. The Hall–Kier alpha value is -4.13. The van der Waals surface area contributed by atoms with Gasteiger partial charge in [0.2, 0.25) is 5.75 Å². The molecule has 186 valence electrons. The SMILES string of the molecule is COc1ccc([C@H]2CC(=O)C3=C(C2)Nc2ccccc2N[C@H]3c2cc(OC)c(OC)c(OC)c2)cc1. The normalized spacial score (nSPS) is 18.7. The first-order valence-electron chi connectivity index (χ1n) is 11.9. The smallest absolute Gasteiger partial charge is 0.203 e. The zero-order valence-electron chi connectivity index (χ0n) is 20.9. The molecule has 0 unspecified atom stereocenters. The van der Waals surface area contributed by atoms with Crippen LogP contribution in [0.4, 0.5) is 11.4 Å². The van der Waals surface area contributed by atoms with E-state index in [1.807, 2.05) is 60.7 Å². The van der Waals surface area contributed by atoms with Gasteiger partial charge in [0, 0.05) is 17.7 Å². The molecule has 3 aromatic rings. The first-order valence-corrected chi connectivity index (χ1v) is 11.9. The summed E-state index contributed by atoms with van der Waals surface area (Å²) in [7, 11) is 6.41. The van der Waals surface area contributed by atoms with E-state index in [4.69, 9.17) is 18.9 Å². The van der Waals surface area contributed by atoms with Gasteiger partial charge in [-0.05, 0) is 59.9 Å². The fraction of sp³-hybridized carbons (Fsp3) is 0.276. The molecular formula is C29H30N2O5. The molecule has 2 N–H and O–H groups in total. The number of hydrogen-bond acceptors (Lipinski definition) is 7. The van der Waals surface area contributed by atoms with Gasteiger partial charge in [-0.3, -0.25) is 4.79 Å². The van der Waals surface area contributed by atoms with Crippen LogP contribution in [0.3, 0.4) is 0 Å². The molecule has 5 rings (SSSR count). The zero-order valence-corrected chi connectivity index (χ0v) is 20.9. The molecular weight excluding hydrogens is 456 g/mol. The Kier molecular flexibility index (Phi) is 6.46. The van der Waals surface area contributed by atoms with Gasteiger partial charge < -0.3 is 29.6 Å². The summed E-state index contributed by atoms with van der Waals surface area (Å²) in [6, 6.07) is 19.4. The van der Waals surface area contributed by atoms with Crippen molar-refractivity contribution in [3.8, 4) is 23.0 Å². The quantitative estimate of drug-likeness (QED) is 0.463. The molecule has 0 radical (unpaired) electrons. The topological polar surface area (TPSA) is 78.1 Å². The summed E-state index contributed by atoms with van der Waals surface area (Å²) in [5.74, 6) is 2.57. The van der Waals surface area contributed by atoms with Crippen molar-refractivity contribution in [2.45, 2.75) is 24.8 Å². The van der Waals surface area contributed by atoms with Crippen LogP contribution >= 0.6 is 0 Å². The number of nitrogens with one attached hydrogen (secondary N) is 2. The second-order valence-corrected chi connectivity index (χ2v) is 8.90. The number of allylic oxidation sites excluding steroid dienone is 1. The third kappa shape index (κ3) is 4.21. The lowest BCUT2D eigenvalue weighted by atomic mass is 9.78. The molecule has 7 heteroatoms. The van der Waals surface area contributed by atoms with Crippen LogP contribution in [0.15, 0.2) is 71.9 Å². The van der Waals surface area contributed by atoms with E-state index in [1.54, 1.807) is 28.4 Å². The second kappa shape index (κ2) is 9.85. The highest BCUT2D eigenvalue weighted by Gasteiger charge is 2.36. The van der Waals surface area contributed by atoms with Gasteiger partial charge in [0.05, 0.1) is 45.9 Å². The number of ketones is 1. The van der Waals surface area contributed by atoms with Crippen LogP contribution in [0.5, 0.6) is 23.0 Å². The third-order valence-electron chi connectivity index (χ3n) is 6.92. The average molecular weight is 487 g/mol. The maximum Gasteiger partial charge on any atom is 0.203 e. The fourth-order valence-corrected chi connectivity index (χ4v) is 5.12. The predicted molar refractivity (Wildman–Crippen MR) is 140 cm³/mol. The third-order valence-corrected chi connectivity index (χ3v) is 6.92. The molecule has 1 aliphatic carbocycles. The van der Waals surface area contributed by atoms with Crippen LogP contribution in [0, 0.1) is 0 Å². The highest BCUT2D eigenvalue weighted by molar-refractivity contribution is 6.01. The molecule has 2 atom stereocenters. The van der Waals surface area contributed by atoms with Gasteiger partial charge in [-0.2, -0.15) is 0 Å². The molecule has 7 nitrogen and oxygen atoms in total. The number of carbonyl (C=O) groups is 1. The van der Waals surface area contributed by atoms with E-state index in [1.165, 1.54) is 0 Å². The van der Waals surface area contributed by atoms with Crippen LogP contribution in [-0.4, -0.2) is 34.2 Å². The molecule has 0 amide bonds. The lowest BCUT2D eigenvalue weighted by Crippen LogP contribution is -2.27. The van der Waals surface area contributed by atoms with Crippen molar-refractivity contribution in [2.75, 3.05) is 39.1 Å². The van der Waals surface area contributed by atoms with E-state index >= 15 is 0 Å². The summed E-state index contributed by atoms with van der Waals surface area (Å²) >= 11 is 0. The van der Waals surface area contributed by atoms with Gasteiger partial charge in [0.1, 0.15) is 5.75 Å².